The number of pyridine rings is 1. The van der Waals surface area contributed by atoms with Gasteiger partial charge in [-0.3, -0.25) is 4.98 Å². The van der Waals surface area contributed by atoms with Crippen LogP contribution in [0.5, 0.6) is 23.0 Å². The van der Waals surface area contributed by atoms with Crippen molar-refractivity contribution in [2.45, 2.75) is 0 Å². The summed E-state index contributed by atoms with van der Waals surface area (Å²) in [5.41, 5.74) is 4.89. The third kappa shape index (κ3) is 2.98. The molecule has 180 valence electrons. The quantitative estimate of drug-likeness (QED) is 0.228. The maximum Gasteiger partial charge on any atom is 0.185 e. The molecule has 1 aromatic heterocycles. The summed E-state index contributed by atoms with van der Waals surface area (Å²) in [6.07, 6.45) is 1.91. The predicted molar refractivity (Wildman–Crippen MR) is 152 cm³/mol. The molecule has 5 aromatic carbocycles. The van der Waals surface area contributed by atoms with Gasteiger partial charge in [0.2, 0.25) is 0 Å². The smallest absolute Gasteiger partial charge is 0.185 e. The lowest BCUT2D eigenvalue weighted by atomic mass is 9.98. The highest BCUT2D eigenvalue weighted by atomic mass is 31.2. The molecule has 6 aromatic rings. The summed E-state index contributed by atoms with van der Waals surface area (Å²) in [7, 11) is -3.22. The molecule has 0 fully saturated rings. The molecule has 0 bridgehead atoms. The number of benzene rings is 5. The van der Waals surface area contributed by atoms with Crippen LogP contribution in [0.2, 0.25) is 0 Å². The van der Waals surface area contributed by atoms with Crippen molar-refractivity contribution in [3.05, 3.63) is 121 Å². The van der Waals surface area contributed by atoms with Crippen LogP contribution in [-0.4, -0.2) is 4.98 Å². The van der Waals surface area contributed by atoms with E-state index in [0.29, 0.717) is 38.9 Å². The summed E-state index contributed by atoms with van der Waals surface area (Å²) in [4.78, 5) is 4.65. The number of hydrogen-bond acceptors (Lipinski definition) is 4. The monoisotopic (exact) mass is 509 g/mol. The molecular weight excluding hydrogens is 489 g/mol. The van der Waals surface area contributed by atoms with E-state index >= 15 is 4.57 Å². The molecular formula is C33H20NO3P. The lowest BCUT2D eigenvalue weighted by Gasteiger charge is -2.35. The Morgan fingerprint density at radius 1 is 0.579 bits per heavy atom. The molecule has 5 heteroatoms. The number of hydrogen-bond donors (Lipinski definition) is 0. The maximum absolute atomic E-state index is 15.2. The lowest BCUT2D eigenvalue weighted by molar-refractivity contribution is 0.463. The second-order valence-electron chi connectivity index (χ2n) is 9.54. The highest BCUT2D eigenvalue weighted by Crippen LogP contribution is 2.59. The Morgan fingerprint density at radius 2 is 1.29 bits per heavy atom. The van der Waals surface area contributed by atoms with Crippen molar-refractivity contribution in [1.29, 1.82) is 0 Å². The molecule has 2 aliphatic heterocycles. The van der Waals surface area contributed by atoms with Gasteiger partial charge in [0.1, 0.15) is 28.3 Å². The van der Waals surface area contributed by atoms with E-state index in [2.05, 4.69) is 35.3 Å². The van der Waals surface area contributed by atoms with E-state index in [1.165, 1.54) is 0 Å². The van der Waals surface area contributed by atoms with E-state index in [0.717, 1.165) is 33.2 Å². The zero-order chi connectivity index (χ0) is 25.3. The molecule has 2 aliphatic rings. The number of para-hydroxylation sites is 3. The summed E-state index contributed by atoms with van der Waals surface area (Å²) in [6, 6.07) is 37.7. The third-order valence-corrected chi connectivity index (χ3v) is 10.5. The summed E-state index contributed by atoms with van der Waals surface area (Å²) >= 11 is 0. The number of fused-ring (bicyclic) bond motifs is 5. The van der Waals surface area contributed by atoms with Crippen molar-refractivity contribution in [2.75, 3.05) is 0 Å². The fourth-order valence-corrected chi connectivity index (χ4v) is 8.64. The minimum atomic E-state index is -3.22. The molecule has 0 spiro atoms. The van der Waals surface area contributed by atoms with Gasteiger partial charge < -0.3 is 14.0 Å². The SMILES string of the molecule is O=P12c3ccccc3Oc3ccc(-c4cccc(-c5cnc6ccccc6c5)c4)c(c31)Oc1ccccc12. The van der Waals surface area contributed by atoms with Crippen molar-refractivity contribution >= 4 is 34.0 Å². The van der Waals surface area contributed by atoms with E-state index in [1.54, 1.807) is 0 Å². The van der Waals surface area contributed by atoms with Crippen LogP contribution >= 0.6 is 7.14 Å². The van der Waals surface area contributed by atoms with E-state index in [9.17, 15) is 0 Å². The Bertz CT molecular complexity index is 1960. The van der Waals surface area contributed by atoms with E-state index in [4.69, 9.17) is 9.47 Å². The van der Waals surface area contributed by atoms with Gasteiger partial charge in [0.15, 0.2) is 7.14 Å². The number of aromatic nitrogens is 1. The van der Waals surface area contributed by atoms with Crippen molar-refractivity contribution in [2.24, 2.45) is 0 Å². The zero-order valence-corrected chi connectivity index (χ0v) is 21.1. The van der Waals surface area contributed by atoms with E-state index in [-0.39, 0.29) is 0 Å². The van der Waals surface area contributed by atoms with Crippen molar-refractivity contribution in [3.63, 3.8) is 0 Å². The Balaban J connectivity index is 1.34. The summed E-state index contributed by atoms with van der Waals surface area (Å²) < 4.78 is 28.0. The van der Waals surface area contributed by atoms with Crippen molar-refractivity contribution in [3.8, 4) is 45.3 Å². The molecule has 3 heterocycles. The first-order valence-electron chi connectivity index (χ1n) is 12.5. The first-order valence-corrected chi connectivity index (χ1v) is 14.2. The van der Waals surface area contributed by atoms with Crippen molar-refractivity contribution < 1.29 is 14.0 Å². The molecule has 0 N–H and O–H groups in total. The van der Waals surface area contributed by atoms with Gasteiger partial charge in [-0.1, -0.05) is 60.7 Å². The van der Waals surface area contributed by atoms with Gasteiger partial charge in [-0.05, 0) is 65.7 Å². The number of rotatable bonds is 2. The lowest BCUT2D eigenvalue weighted by Crippen LogP contribution is -2.35. The van der Waals surface area contributed by atoms with Gasteiger partial charge in [-0.15, -0.1) is 0 Å². The van der Waals surface area contributed by atoms with Crippen LogP contribution in [0.25, 0.3) is 33.2 Å². The molecule has 1 atom stereocenters. The molecule has 8 rings (SSSR count). The Morgan fingerprint density at radius 3 is 2.13 bits per heavy atom. The molecule has 0 saturated carbocycles. The van der Waals surface area contributed by atoms with Gasteiger partial charge in [0.05, 0.1) is 16.1 Å². The fourth-order valence-electron chi connectivity index (χ4n) is 5.57. The average molecular weight is 510 g/mol. The number of ether oxygens (including phenoxy) is 2. The highest BCUT2D eigenvalue weighted by Gasteiger charge is 2.46. The van der Waals surface area contributed by atoms with Gasteiger partial charge in [0, 0.05) is 22.7 Å². The van der Waals surface area contributed by atoms with Gasteiger partial charge >= 0.3 is 0 Å². The molecule has 38 heavy (non-hydrogen) atoms. The molecule has 0 saturated heterocycles. The van der Waals surface area contributed by atoms with Crippen LogP contribution < -0.4 is 25.4 Å². The average Bonchev–Trinajstić information content (AvgIpc) is 2.97. The Hall–Kier alpha value is -4.66. The molecule has 1 unspecified atom stereocenters. The van der Waals surface area contributed by atoms with Crippen LogP contribution in [-0.2, 0) is 4.57 Å². The maximum atomic E-state index is 15.2. The fraction of sp³-hybridized carbons (Fsp3) is 0. The standard InChI is InChI=1S/C33H20NO3P/c35-38-30-14-5-3-12-27(30)36-29-17-16-25(32(33(29)38)37-28-13-4-6-15-31(28)38)22-10-7-9-21(18-22)24-19-23-8-1-2-11-26(23)34-20-24/h1-20H. The third-order valence-electron chi connectivity index (χ3n) is 7.35. The van der Waals surface area contributed by atoms with Crippen LogP contribution in [0.15, 0.2) is 121 Å². The van der Waals surface area contributed by atoms with E-state index < -0.39 is 7.14 Å². The van der Waals surface area contributed by atoms with Crippen LogP contribution in [0.3, 0.4) is 0 Å². The van der Waals surface area contributed by atoms with Gasteiger partial charge in [-0.25, -0.2) is 0 Å². The molecule has 0 aliphatic carbocycles. The summed E-state index contributed by atoms with van der Waals surface area (Å²) in [5.74, 6) is 2.42. The highest BCUT2D eigenvalue weighted by molar-refractivity contribution is 7.86. The van der Waals surface area contributed by atoms with Crippen molar-refractivity contribution in [1.82, 2.24) is 4.98 Å². The zero-order valence-electron chi connectivity index (χ0n) is 20.2. The van der Waals surface area contributed by atoms with Crippen LogP contribution in [0, 0.1) is 0 Å². The van der Waals surface area contributed by atoms with Crippen LogP contribution in [0.1, 0.15) is 0 Å². The Kier molecular flexibility index (Phi) is 4.46. The molecule has 0 radical (unpaired) electrons. The minimum Gasteiger partial charge on any atom is -0.456 e. The summed E-state index contributed by atoms with van der Waals surface area (Å²) in [6.45, 7) is 0. The topological polar surface area (TPSA) is 48.4 Å². The van der Waals surface area contributed by atoms with Gasteiger partial charge in [0.25, 0.3) is 0 Å². The molecule has 0 amide bonds. The van der Waals surface area contributed by atoms with Gasteiger partial charge in [-0.2, -0.15) is 0 Å². The number of nitrogens with zero attached hydrogens (tertiary/aromatic N) is 1. The first kappa shape index (κ1) is 21.4. The molecule has 4 nitrogen and oxygen atoms in total. The Labute approximate surface area is 219 Å². The second-order valence-corrected chi connectivity index (χ2v) is 12.2. The normalized spacial score (nSPS) is 16.5. The second kappa shape index (κ2) is 7.92. The minimum absolute atomic E-state index is 0.579. The van der Waals surface area contributed by atoms with E-state index in [1.807, 2.05) is 91.1 Å². The largest absolute Gasteiger partial charge is 0.456 e. The van der Waals surface area contributed by atoms with Crippen LogP contribution in [0.4, 0.5) is 0 Å². The first-order chi connectivity index (χ1) is 18.7. The summed E-state index contributed by atoms with van der Waals surface area (Å²) in [5, 5.41) is 3.14. The predicted octanol–water partition coefficient (Wildman–Crippen LogP) is 7.42.